The van der Waals surface area contributed by atoms with E-state index in [1.165, 1.54) is 36.4 Å². The summed E-state index contributed by atoms with van der Waals surface area (Å²) in [5, 5.41) is 0.611. The molecule has 0 unspecified atom stereocenters. The van der Waals surface area contributed by atoms with Crippen LogP contribution in [0.25, 0.3) is 0 Å². The van der Waals surface area contributed by atoms with Crippen molar-refractivity contribution in [1.29, 1.82) is 0 Å². The van der Waals surface area contributed by atoms with Crippen LogP contribution in [0, 0.1) is 0 Å². The normalized spacial score (nSPS) is 11.0. The van der Waals surface area contributed by atoms with Crippen LogP contribution in [-0.2, 0) is 19.1 Å². The molecule has 0 aliphatic heterocycles. The Morgan fingerprint density at radius 3 is 1.48 bits per heavy atom. The Kier molecular flexibility index (Phi) is 8.28. The van der Waals surface area contributed by atoms with Crippen LogP contribution in [0.15, 0.2) is 36.4 Å². The van der Waals surface area contributed by atoms with Crippen LogP contribution in [0.2, 0.25) is 20.1 Å². The molecule has 0 spiro atoms. The van der Waals surface area contributed by atoms with Gasteiger partial charge >= 0.3 is 17.7 Å². The van der Waals surface area contributed by atoms with E-state index in [-0.39, 0.29) is 44.8 Å². The smallest absolute Gasteiger partial charge is 0.453 e. The summed E-state index contributed by atoms with van der Waals surface area (Å²) >= 11 is 24.2. The average molecular weight is 482 g/mol. The van der Waals surface area contributed by atoms with E-state index in [1.807, 2.05) is 0 Å². The van der Waals surface area contributed by atoms with Gasteiger partial charge in [0.1, 0.15) is 11.5 Å². The molecule has 0 fully saturated rings. The largest absolute Gasteiger partial charge is 0.460 e. The van der Waals surface area contributed by atoms with Crippen LogP contribution >= 0.6 is 46.4 Å². The third-order valence-corrected chi connectivity index (χ3v) is 4.48. The summed E-state index contributed by atoms with van der Waals surface area (Å²) in [5.74, 6) is -5.29. The number of carbonyl (C=O) groups excluding carboxylic acids is 2. The predicted octanol–water partition coefficient (Wildman–Crippen LogP) is 5.58. The van der Waals surface area contributed by atoms with Gasteiger partial charge in [0, 0.05) is 22.2 Å². The molecule has 0 aliphatic rings. The number of halogens is 4. The zero-order valence-electron chi connectivity index (χ0n) is 15.3. The number of ether oxygens (including phenoxy) is 4. The molecule has 10 heteroatoms. The van der Waals surface area contributed by atoms with Gasteiger partial charge in [0.25, 0.3) is 0 Å². The molecule has 6 nitrogen and oxygen atoms in total. The van der Waals surface area contributed by atoms with Crippen molar-refractivity contribution < 1.29 is 28.5 Å². The van der Waals surface area contributed by atoms with E-state index < -0.39 is 17.7 Å². The maximum Gasteiger partial charge on any atom is 0.453 e. The fraction of sp³-hybridized carbons (Fsp3) is 0.263. The highest BCUT2D eigenvalue weighted by atomic mass is 35.5. The molecular weight excluding hydrogens is 466 g/mol. The number of esters is 2. The van der Waals surface area contributed by atoms with Gasteiger partial charge < -0.3 is 18.9 Å². The highest BCUT2D eigenvalue weighted by molar-refractivity contribution is 6.34. The monoisotopic (exact) mass is 480 g/mol. The van der Waals surface area contributed by atoms with Gasteiger partial charge in [0.15, 0.2) is 0 Å². The van der Waals surface area contributed by atoms with E-state index in [0.717, 1.165) is 0 Å². The molecule has 0 aliphatic carbocycles. The zero-order valence-corrected chi connectivity index (χ0v) is 18.4. The lowest BCUT2D eigenvalue weighted by Crippen LogP contribution is -2.58. The summed E-state index contributed by atoms with van der Waals surface area (Å²) in [5.41, 5.74) is 0. The van der Waals surface area contributed by atoms with Crippen molar-refractivity contribution in [3.8, 4) is 11.5 Å². The van der Waals surface area contributed by atoms with E-state index in [2.05, 4.69) is 0 Å². The summed E-state index contributed by atoms with van der Waals surface area (Å²) in [6.45, 7) is 2.96. The third kappa shape index (κ3) is 5.60. The Balaban J connectivity index is 2.64. The van der Waals surface area contributed by atoms with E-state index in [4.69, 9.17) is 65.4 Å². The molecule has 2 rings (SSSR count). The minimum Gasteiger partial charge on any atom is -0.460 e. The first-order chi connectivity index (χ1) is 13.7. The highest BCUT2D eigenvalue weighted by Crippen LogP contribution is 2.36. The van der Waals surface area contributed by atoms with Gasteiger partial charge in [-0.1, -0.05) is 46.4 Å². The quantitative estimate of drug-likeness (QED) is 0.278. The fourth-order valence-corrected chi connectivity index (χ4v) is 2.78. The van der Waals surface area contributed by atoms with Crippen molar-refractivity contribution in [2.75, 3.05) is 13.2 Å². The molecule has 0 bridgehead atoms. The molecule has 29 heavy (non-hydrogen) atoms. The number of carbonyl (C=O) groups is 2. The van der Waals surface area contributed by atoms with Gasteiger partial charge in [0.05, 0.1) is 23.3 Å². The van der Waals surface area contributed by atoms with Gasteiger partial charge in [-0.2, -0.15) is 0 Å². The average Bonchev–Trinajstić information content (AvgIpc) is 2.67. The van der Waals surface area contributed by atoms with Crippen molar-refractivity contribution in [2.45, 2.75) is 19.6 Å². The molecule has 0 saturated heterocycles. The second-order valence-electron chi connectivity index (χ2n) is 5.41. The third-order valence-electron chi connectivity index (χ3n) is 3.38. The Bertz CT molecular complexity index is 829. The van der Waals surface area contributed by atoms with Crippen molar-refractivity contribution in [2.24, 2.45) is 0 Å². The van der Waals surface area contributed by atoms with Crippen molar-refractivity contribution in [3.05, 3.63) is 56.5 Å². The van der Waals surface area contributed by atoms with E-state index in [1.54, 1.807) is 13.8 Å². The van der Waals surface area contributed by atoms with Crippen molar-refractivity contribution in [3.63, 3.8) is 0 Å². The standard InChI is InChI=1S/C19H16Cl4O6/c1-3-26-17(24)19(18(25)27-4-2,28-15-9-11(20)5-7-13(15)22)29-16-10-12(21)6-8-14(16)23/h5-10H,3-4H2,1-2H3. The molecule has 0 heterocycles. The molecular formula is C19H16Cl4O6. The Labute approximate surface area is 187 Å². The van der Waals surface area contributed by atoms with E-state index in [0.29, 0.717) is 0 Å². The summed E-state index contributed by atoms with van der Waals surface area (Å²) in [7, 11) is 0. The molecule has 2 aromatic carbocycles. The minimum atomic E-state index is -2.71. The van der Waals surface area contributed by atoms with Crippen LogP contribution in [0.4, 0.5) is 0 Å². The molecule has 0 aromatic heterocycles. The van der Waals surface area contributed by atoms with Crippen LogP contribution < -0.4 is 9.47 Å². The van der Waals surface area contributed by atoms with Gasteiger partial charge in [0.2, 0.25) is 0 Å². The predicted molar refractivity (Wildman–Crippen MR) is 110 cm³/mol. The van der Waals surface area contributed by atoms with E-state index in [9.17, 15) is 9.59 Å². The van der Waals surface area contributed by atoms with Gasteiger partial charge in [-0.3, -0.25) is 0 Å². The Hall–Kier alpha value is -1.86. The summed E-state index contributed by atoms with van der Waals surface area (Å²) in [6.07, 6.45) is 0. The first-order valence-corrected chi connectivity index (χ1v) is 9.87. The molecule has 2 aromatic rings. The molecule has 156 valence electrons. The van der Waals surface area contributed by atoms with Gasteiger partial charge in [-0.25, -0.2) is 9.59 Å². The number of benzene rings is 2. The van der Waals surface area contributed by atoms with Gasteiger partial charge in [-0.15, -0.1) is 0 Å². The Morgan fingerprint density at radius 2 is 1.14 bits per heavy atom. The van der Waals surface area contributed by atoms with Crippen LogP contribution in [0.5, 0.6) is 11.5 Å². The van der Waals surface area contributed by atoms with Crippen molar-refractivity contribution in [1.82, 2.24) is 0 Å². The van der Waals surface area contributed by atoms with Crippen LogP contribution in [0.1, 0.15) is 13.8 Å². The maximum atomic E-state index is 12.9. The highest BCUT2D eigenvalue weighted by Gasteiger charge is 2.56. The summed E-state index contributed by atoms with van der Waals surface area (Å²) < 4.78 is 21.3. The maximum absolute atomic E-state index is 12.9. The molecule has 0 atom stereocenters. The molecule has 0 N–H and O–H groups in total. The van der Waals surface area contributed by atoms with Gasteiger partial charge in [-0.05, 0) is 38.1 Å². The number of hydrogen-bond acceptors (Lipinski definition) is 6. The lowest BCUT2D eigenvalue weighted by Gasteiger charge is -2.30. The fourth-order valence-electron chi connectivity index (χ4n) is 2.14. The molecule has 0 radical (unpaired) electrons. The lowest BCUT2D eigenvalue weighted by atomic mass is 10.2. The summed E-state index contributed by atoms with van der Waals surface area (Å²) in [4.78, 5) is 25.7. The lowest BCUT2D eigenvalue weighted by molar-refractivity contribution is -0.209. The molecule has 0 saturated carbocycles. The topological polar surface area (TPSA) is 71.1 Å². The van der Waals surface area contributed by atoms with E-state index >= 15 is 0 Å². The summed E-state index contributed by atoms with van der Waals surface area (Å²) in [6, 6.07) is 8.46. The number of hydrogen-bond donors (Lipinski definition) is 0. The minimum absolute atomic E-state index is 0.0631. The zero-order chi connectivity index (χ0) is 21.6. The number of rotatable bonds is 8. The first kappa shape index (κ1) is 23.4. The Morgan fingerprint density at radius 1 is 0.759 bits per heavy atom. The second-order valence-corrected chi connectivity index (χ2v) is 7.10. The first-order valence-electron chi connectivity index (χ1n) is 8.36. The molecule has 0 amide bonds. The second kappa shape index (κ2) is 10.3. The van der Waals surface area contributed by atoms with Crippen molar-refractivity contribution >= 4 is 58.3 Å². The van der Waals surface area contributed by atoms with Crippen LogP contribution in [0.3, 0.4) is 0 Å². The van der Waals surface area contributed by atoms with Crippen LogP contribution in [-0.4, -0.2) is 30.9 Å². The SMILES string of the molecule is CCOC(=O)C(Oc1cc(Cl)ccc1Cl)(Oc1cc(Cl)ccc1Cl)C(=O)OCC.